The molecule has 0 aliphatic carbocycles. The maximum atomic E-state index is 13.5. The third kappa shape index (κ3) is 4.63. The predicted octanol–water partition coefficient (Wildman–Crippen LogP) is 4.20. The number of anilines is 1. The maximum absolute atomic E-state index is 13.5. The van der Waals surface area contributed by atoms with Crippen LogP contribution in [0.5, 0.6) is 0 Å². The Labute approximate surface area is 200 Å². The standard InChI is InChI=1S/C24H25ClF2N4O3/c1-13-10-15(8-9-34-13)31-20(32)12-24(2,30-23(31)28)16-4-3-5-19(21(16)25)29-22(33)14-6-7-17(26)18(27)11-14/h3-7,11,13,15H,8-10,12H2,1-2H3,(H2,28,30)(H,29,33)/t13-,15-,24+/m1/s1. The lowest BCUT2D eigenvalue weighted by atomic mass is 9.86. The van der Waals surface area contributed by atoms with Crippen molar-refractivity contribution in [3.63, 3.8) is 0 Å². The molecule has 0 saturated carbocycles. The zero-order valence-electron chi connectivity index (χ0n) is 18.8. The molecule has 0 unspecified atom stereocenters. The van der Waals surface area contributed by atoms with Crippen molar-refractivity contribution in [1.82, 2.24) is 4.90 Å². The van der Waals surface area contributed by atoms with Crippen LogP contribution in [-0.2, 0) is 15.1 Å². The van der Waals surface area contributed by atoms with Crippen molar-refractivity contribution in [2.24, 2.45) is 10.7 Å². The second-order valence-electron chi connectivity index (χ2n) is 8.79. The number of nitrogens with two attached hydrogens (primary N) is 1. The highest BCUT2D eigenvalue weighted by Gasteiger charge is 2.42. The molecule has 34 heavy (non-hydrogen) atoms. The SMILES string of the molecule is C[C@@H]1C[C@H](N2C(=O)C[C@@](C)(c3cccc(NC(=O)c4ccc(F)c(F)c4)c3Cl)N=C2N)CCO1. The number of amides is 2. The van der Waals surface area contributed by atoms with Crippen LogP contribution in [0.4, 0.5) is 14.5 Å². The molecule has 3 N–H and O–H groups in total. The molecule has 7 nitrogen and oxygen atoms in total. The molecule has 1 saturated heterocycles. The minimum atomic E-state index is -1.13. The second kappa shape index (κ2) is 9.31. The average molecular weight is 491 g/mol. The lowest BCUT2D eigenvalue weighted by molar-refractivity contribution is -0.133. The van der Waals surface area contributed by atoms with Gasteiger partial charge in [0.2, 0.25) is 5.91 Å². The Morgan fingerprint density at radius 1 is 1.29 bits per heavy atom. The maximum Gasteiger partial charge on any atom is 0.255 e. The molecule has 2 heterocycles. The Morgan fingerprint density at radius 2 is 2.06 bits per heavy atom. The molecule has 180 valence electrons. The summed E-state index contributed by atoms with van der Waals surface area (Å²) in [5, 5.41) is 2.79. The van der Waals surface area contributed by atoms with Crippen LogP contribution < -0.4 is 11.1 Å². The first-order chi connectivity index (χ1) is 16.1. The highest BCUT2D eigenvalue weighted by molar-refractivity contribution is 6.35. The Hall–Kier alpha value is -3.04. The van der Waals surface area contributed by atoms with Crippen molar-refractivity contribution in [1.29, 1.82) is 0 Å². The van der Waals surface area contributed by atoms with Gasteiger partial charge in [0.15, 0.2) is 17.6 Å². The highest BCUT2D eigenvalue weighted by atomic mass is 35.5. The van der Waals surface area contributed by atoms with Crippen LogP contribution >= 0.6 is 11.6 Å². The van der Waals surface area contributed by atoms with Gasteiger partial charge in [0, 0.05) is 23.8 Å². The van der Waals surface area contributed by atoms with Crippen LogP contribution in [0.15, 0.2) is 41.4 Å². The number of aliphatic imine (C=N–C) groups is 1. The van der Waals surface area contributed by atoms with Gasteiger partial charge in [-0.25, -0.2) is 13.8 Å². The second-order valence-corrected chi connectivity index (χ2v) is 9.17. The van der Waals surface area contributed by atoms with E-state index in [2.05, 4.69) is 10.3 Å². The van der Waals surface area contributed by atoms with Gasteiger partial charge in [-0.05, 0) is 51.0 Å². The highest BCUT2D eigenvalue weighted by Crippen LogP contribution is 2.41. The van der Waals surface area contributed by atoms with E-state index in [1.807, 2.05) is 6.92 Å². The molecule has 2 amide bonds. The van der Waals surface area contributed by atoms with E-state index in [0.717, 1.165) is 12.1 Å². The zero-order valence-corrected chi connectivity index (χ0v) is 19.5. The minimum Gasteiger partial charge on any atom is -0.378 e. The Bertz CT molecular complexity index is 1170. The summed E-state index contributed by atoms with van der Waals surface area (Å²) in [4.78, 5) is 31.9. The van der Waals surface area contributed by atoms with Gasteiger partial charge < -0.3 is 15.8 Å². The van der Waals surface area contributed by atoms with E-state index in [4.69, 9.17) is 22.1 Å². The third-order valence-electron chi connectivity index (χ3n) is 6.20. The van der Waals surface area contributed by atoms with Crippen molar-refractivity contribution in [2.45, 2.75) is 50.8 Å². The lowest BCUT2D eigenvalue weighted by Crippen LogP contribution is -2.56. The Kier molecular flexibility index (Phi) is 6.60. The number of hydrogen-bond acceptors (Lipinski definition) is 5. The van der Waals surface area contributed by atoms with Gasteiger partial charge in [0.1, 0.15) is 0 Å². The summed E-state index contributed by atoms with van der Waals surface area (Å²) in [6.45, 7) is 4.26. The number of carbonyl (C=O) groups is 2. The van der Waals surface area contributed by atoms with Crippen molar-refractivity contribution < 1.29 is 23.1 Å². The number of nitrogens with zero attached hydrogens (tertiary/aromatic N) is 2. The van der Waals surface area contributed by atoms with Crippen molar-refractivity contribution in [2.75, 3.05) is 11.9 Å². The van der Waals surface area contributed by atoms with Crippen molar-refractivity contribution in [3.05, 3.63) is 64.2 Å². The van der Waals surface area contributed by atoms with E-state index in [1.54, 1.807) is 30.0 Å². The van der Waals surface area contributed by atoms with E-state index < -0.39 is 23.1 Å². The fraction of sp³-hybridized carbons (Fsp3) is 0.375. The predicted molar refractivity (Wildman–Crippen MR) is 125 cm³/mol. The Balaban J connectivity index is 1.61. The Morgan fingerprint density at radius 3 is 2.74 bits per heavy atom. The van der Waals surface area contributed by atoms with Crippen molar-refractivity contribution >= 4 is 35.1 Å². The summed E-state index contributed by atoms with van der Waals surface area (Å²) in [5.41, 5.74) is 5.91. The minimum absolute atomic E-state index is 0.0250. The molecule has 2 aromatic carbocycles. The lowest BCUT2D eigenvalue weighted by Gasteiger charge is -2.41. The molecule has 3 atom stereocenters. The summed E-state index contributed by atoms with van der Waals surface area (Å²) < 4.78 is 32.3. The molecule has 0 spiro atoms. The molecule has 10 heteroatoms. The fourth-order valence-corrected chi connectivity index (χ4v) is 4.86. The molecular weight excluding hydrogens is 466 g/mol. The van der Waals surface area contributed by atoms with Crippen LogP contribution in [0.25, 0.3) is 0 Å². The number of hydrogen-bond donors (Lipinski definition) is 2. The normalized spacial score (nSPS) is 25.1. The molecule has 1 fully saturated rings. The summed E-state index contributed by atoms with van der Waals surface area (Å²) in [6.07, 6.45) is 1.41. The number of guanidine groups is 1. The van der Waals surface area contributed by atoms with E-state index in [-0.39, 0.29) is 46.7 Å². The van der Waals surface area contributed by atoms with Gasteiger partial charge in [-0.15, -0.1) is 0 Å². The summed E-state index contributed by atoms with van der Waals surface area (Å²) in [6, 6.07) is 7.72. The van der Waals surface area contributed by atoms with Gasteiger partial charge in [-0.1, -0.05) is 23.7 Å². The van der Waals surface area contributed by atoms with Gasteiger partial charge >= 0.3 is 0 Å². The largest absolute Gasteiger partial charge is 0.378 e. The van der Waals surface area contributed by atoms with Crippen LogP contribution in [0.1, 0.15) is 49.0 Å². The van der Waals surface area contributed by atoms with Gasteiger partial charge in [0.25, 0.3) is 5.91 Å². The van der Waals surface area contributed by atoms with E-state index in [9.17, 15) is 18.4 Å². The number of rotatable bonds is 4. The molecule has 0 aromatic heterocycles. The zero-order chi connectivity index (χ0) is 24.6. The quantitative estimate of drug-likeness (QED) is 0.671. The number of carbonyl (C=O) groups excluding carboxylic acids is 2. The van der Waals surface area contributed by atoms with Gasteiger partial charge in [0.05, 0.1) is 28.8 Å². The number of nitrogens with one attached hydrogen (secondary N) is 1. The molecule has 0 radical (unpaired) electrons. The smallest absolute Gasteiger partial charge is 0.255 e. The van der Waals surface area contributed by atoms with Crippen molar-refractivity contribution in [3.8, 4) is 0 Å². The monoisotopic (exact) mass is 490 g/mol. The first kappa shape index (κ1) is 24.1. The van der Waals surface area contributed by atoms with Crippen LogP contribution in [0.2, 0.25) is 5.02 Å². The number of halogens is 3. The molecule has 2 aliphatic rings. The third-order valence-corrected chi connectivity index (χ3v) is 6.61. The first-order valence-corrected chi connectivity index (χ1v) is 11.3. The first-order valence-electron chi connectivity index (χ1n) is 10.9. The number of benzene rings is 2. The topological polar surface area (TPSA) is 97.0 Å². The summed E-state index contributed by atoms with van der Waals surface area (Å²) in [5.74, 6) is -2.89. The average Bonchev–Trinajstić information content (AvgIpc) is 2.76. The van der Waals surface area contributed by atoms with Crippen LogP contribution in [0, 0.1) is 11.6 Å². The van der Waals surface area contributed by atoms with E-state index in [1.165, 1.54) is 6.07 Å². The summed E-state index contributed by atoms with van der Waals surface area (Å²) >= 11 is 6.62. The van der Waals surface area contributed by atoms with E-state index in [0.29, 0.717) is 25.0 Å². The summed E-state index contributed by atoms with van der Waals surface area (Å²) in [7, 11) is 0. The molecular formula is C24H25ClF2N4O3. The fourth-order valence-electron chi connectivity index (χ4n) is 4.48. The van der Waals surface area contributed by atoms with E-state index >= 15 is 0 Å². The molecule has 0 bridgehead atoms. The number of ether oxygens (including phenoxy) is 1. The van der Waals surface area contributed by atoms with Gasteiger partial charge in [-0.2, -0.15) is 0 Å². The molecule has 4 rings (SSSR count). The van der Waals surface area contributed by atoms with Gasteiger partial charge in [-0.3, -0.25) is 14.5 Å². The molecule has 2 aliphatic heterocycles. The molecule has 2 aromatic rings. The van der Waals surface area contributed by atoms with Crippen LogP contribution in [-0.4, -0.2) is 41.4 Å². The van der Waals surface area contributed by atoms with Crippen LogP contribution in [0.3, 0.4) is 0 Å².